The van der Waals surface area contributed by atoms with E-state index < -0.39 is 0 Å². The van der Waals surface area contributed by atoms with Crippen LogP contribution in [-0.2, 0) is 5.41 Å². The number of halogens is 1. The number of aromatic hydroxyl groups is 1. The first-order valence-electron chi connectivity index (χ1n) is 7.05. The number of benzene rings is 1. The third-order valence-electron chi connectivity index (χ3n) is 5.53. The molecule has 5 rings (SSSR count). The van der Waals surface area contributed by atoms with Crippen molar-refractivity contribution in [1.82, 2.24) is 0 Å². The summed E-state index contributed by atoms with van der Waals surface area (Å²) in [5.41, 5.74) is 1.49. The molecule has 0 aliphatic heterocycles. The Morgan fingerprint density at radius 3 is 2.17 bits per heavy atom. The standard InChI is InChI=1S/C16H18IO/c17-14-3-1-2-13(15(14)18)16-7-10-4-11(8-16)6-12(5-10)9-16/h2-3,10-12,18H,4-9H2. The molecule has 0 atom stereocenters. The van der Waals surface area contributed by atoms with Gasteiger partial charge in [0, 0.05) is 5.56 Å². The summed E-state index contributed by atoms with van der Waals surface area (Å²) in [6, 6.07) is 7.18. The van der Waals surface area contributed by atoms with Gasteiger partial charge in [-0.1, -0.05) is 0 Å². The minimum atomic E-state index is 0.288. The molecule has 4 aliphatic carbocycles. The zero-order valence-electron chi connectivity index (χ0n) is 10.5. The molecule has 1 aromatic rings. The Bertz CT molecular complexity index is 459. The molecule has 1 radical (unpaired) electrons. The Hall–Kier alpha value is -0.250. The van der Waals surface area contributed by atoms with E-state index in [4.69, 9.17) is 0 Å². The Labute approximate surface area is 122 Å². The van der Waals surface area contributed by atoms with Crippen molar-refractivity contribution in [2.24, 2.45) is 17.8 Å². The third kappa shape index (κ3) is 1.57. The number of rotatable bonds is 1. The summed E-state index contributed by atoms with van der Waals surface area (Å²) in [7, 11) is 0. The van der Waals surface area contributed by atoms with Gasteiger partial charge in [-0.15, -0.1) is 0 Å². The topological polar surface area (TPSA) is 20.2 Å². The van der Waals surface area contributed by atoms with E-state index in [0.29, 0.717) is 5.75 Å². The number of hydrogen-bond donors (Lipinski definition) is 1. The lowest BCUT2D eigenvalue weighted by Gasteiger charge is -2.57. The maximum atomic E-state index is 10.4. The van der Waals surface area contributed by atoms with Crippen LogP contribution in [0.5, 0.6) is 5.75 Å². The van der Waals surface area contributed by atoms with Crippen molar-refractivity contribution in [2.45, 2.75) is 43.9 Å². The molecule has 0 amide bonds. The van der Waals surface area contributed by atoms with Gasteiger partial charge in [-0.25, -0.2) is 0 Å². The van der Waals surface area contributed by atoms with E-state index >= 15 is 0 Å². The van der Waals surface area contributed by atoms with Gasteiger partial charge in [-0.2, -0.15) is 0 Å². The number of hydrogen-bond acceptors (Lipinski definition) is 1. The van der Waals surface area contributed by atoms with Crippen LogP contribution in [0.3, 0.4) is 0 Å². The lowest BCUT2D eigenvalue weighted by Crippen LogP contribution is -2.48. The fraction of sp³-hybridized carbons (Fsp3) is 0.625. The van der Waals surface area contributed by atoms with Crippen LogP contribution in [0, 0.1) is 27.4 Å². The maximum Gasteiger partial charge on any atom is 0.132 e. The summed E-state index contributed by atoms with van der Waals surface area (Å²) in [5.74, 6) is 3.31. The molecule has 4 bridgehead atoms. The summed E-state index contributed by atoms with van der Waals surface area (Å²) >= 11 is 2.23. The molecule has 1 nitrogen and oxygen atoms in total. The highest BCUT2D eigenvalue weighted by Crippen LogP contribution is 2.61. The van der Waals surface area contributed by atoms with Crippen LogP contribution < -0.4 is 0 Å². The largest absolute Gasteiger partial charge is 0.507 e. The molecule has 4 aliphatic rings. The molecule has 0 saturated heterocycles. The molecular formula is C16H18IO. The number of phenolic OH excluding ortho intramolecular Hbond substituents is 1. The van der Waals surface area contributed by atoms with Gasteiger partial charge in [0.15, 0.2) is 0 Å². The summed E-state index contributed by atoms with van der Waals surface area (Å²) in [6.07, 6.45) is 8.27. The van der Waals surface area contributed by atoms with Gasteiger partial charge < -0.3 is 5.11 Å². The molecule has 0 heterocycles. The molecule has 4 saturated carbocycles. The van der Waals surface area contributed by atoms with Gasteiger partial charge in [-0.3, -0.25) is 0 Å². The highest BCUT2D eigenvalue weighted by atomic mass is 127. The predicted octanol–water partition coefficient (Wildman–Crippen LogP) is 4.26. The van der Waals surface area contributed by atoms with Crippen LogP contribution in [-0.4, -0.2) is 5.11 Å². The fourth-order valence-corrected chi connectivity index (χ4v) is 5.78. The van der Waals surface area contributed by atoms with Crippen LogP contribution in [0.1, 0.15) is 44.1 Å². The first-order valence-corrected chi connectivity index (χ1v) is 8.13. The minimum Gasteiger partial charge on any atom is -0.507 e. The van der Waals surface area contributed by atoms with Crippen LogP contribution in [0.15, 0.2) is 12.1 Å². The van der Waals surface area contributed by atoms with Gasteiger partial charge in [0.05, 0.1) is 3.57 Å². The quantitative estimate of drug-likeness (QED) is 0.748. The monoisotopic (exact) mass is 353 g/mol. The third-order valence-corrected chi connectivity index (χ3v) is 6.35. The van der Waals surface area contributed by atoms with Crippen molar-refractivity contribution in [1.29, 1.82) is 0 Å². The molecular weight excluding hydrogens is 335 g/mol. The van der Waals surface area contributed by atoms with Crippen LogP contribution in [0.2, 0.25) is 0 Å². The van der Waals surface area contributed by atoms with Gasteiger partial charge in [-0.05, 0) is 102 Å². The maximum absolute atomic E-state index is 10.4. The Kier molecular flexibility index (Phi) is 2.49. The van der Waals surface area contributed by atoms with E-state index in [0.717, 1.165) is 21.3 Å². The molecule has 1 aromatic carbocycles. The first-order chi connectivity index (χ1) is 8.66. The second kappa shape index (κ2) is 3.87. The lowest BCUT2D eigenvalue weighted by atomic mass is 9.48. The Balaban J connectivity index is 1.81. The molecule has 1 N–H and O–H groups in total. The SMILES string of the molecule is Oc1c(I)c[c]cc1C12CC3CC(CC(C3)C1)C2. The summed E-state index contributed by atoms with van der Waals surface area (Å²) in [5, 5.41) is 10.4. The van der Waals surface area contributed by atoms with E-state index in [1.807, 2.05) is 6.07 Å². The van der Waals surface area contributed by atoms with Crippen LogP contribution >= 0.6 is 22.6 Å². The van der Waals surface area contributed by atoms with Crippen molar-refractivity contribution in [3.8, 4) is 5.75 Å². The second-order valence-corrected chi connectivity index (χ2v) is 7.93. The van der Waals surface area contributed by atoms with Gasteiger partial charge in [0.1, 0.15) is 5.75 Å². The van der Waals surface area contributed by atoms with Gasteiger partial charge in [0.25, 0.3) is 0 Å². The van der Waals surface area contributed by atoms with Crippen LogP contribution in [0.4, 0.5) is 0 Å². The molecule has 0 aromatic heterocycles. The van der Waals surface area contributed by atoms with Crippen molar-refractivity contribution >= 4 is 22.6 Å². The van der Waals surface area contributed by atoms with Crippen molar-refractivity contribution in [3.05, 3.63) is 27.3 Å². The van der Waals surface area contributed by atoms with Crippen molar-refractivity contribution in [2.75, 3.05) is 0 Å². The minimum absolute atomic E-state index is 0.288. The molecule has 0 unspecified atom stereocenters. The average Bonchev–Trinajstić information content (AvgIpc) is 2.30. The summed E-state index contributed by atoms with van der Waals surface area (Å²) in [4.78, 5) is 0. The van der Waals surface area contributed by atoms with E-state index in [1.54, 1.807) is 0 Å². The second-order valence-electron chi connectivity index (χ2n) is 6.76. The van der Waals surface area contributed by atoms with E-state index in [-0.39, 0.29) is 5.41 Å². The summed E-state index contributed by atoms with van der Waals surface area (Å²) in [6.45, 7) is 0. The van der Waals surface area contributed by atoms with E-state index in [1.165, 1.54) is 44.1 Å². The average molecular weight is 353 g/mol. The zero-order valence-corrected chi connectivity index (χ0v) is 12.6. The fourth-order valence-electron chi connectivity index (χ4n) is 5.31. The van der Waals surface area contributed by atoms with E-state index in [2.05, 4.69) is 34.7 Å². The summed E-state index contributed by atoms with van der Waals surface area (Å²) < 4.78 is 0.959. The predicted molar refractivity (Wildman–Crippen MR) is 79.5 cm³/mol. The van der Waals surface area contributed by atoms with Crippen molar-refractivity contribution in [3.63, 3.8) is 0 Å². The molecule has 0 spiro atoms. The Morgan fingerprint density at radius 2 is 1.61 bits per heavy atom. The highest BCUT2D eigenvalue weighted by Gasteiger charge is 2.52. The van der Waals surface area contributed by atoms with Gasteiger partial charge in [0.2, 0.25) is 0 Å². The molecule has 95 valence electrons. The molecule has 2 heteroatoms. The van der Waals surface area contributed by atoms with Crippen LogP contribution in [0.25, 0.3) is 0 Å². The first kappa shape index (κ1) is 11.6. The van der Waals surface area contributed by atoms with Gasteiger partial charge >= 0.3 is 0 Å². The van der Waals surface area contributed by atoms with Crippen molar-refractivity contribution < 1.29 is 5.11 Å². The zero-order chi connectivity index (χ0) is 12.3. The molecule has 18 heavy (non-hydrogen) atoms. The Morgan fingerprint density at radius 1 is 1.06 bits per heavy atom. The normalized spacial score (nSPS) is 41.3. The smallest absolute Gasteiger partial charge is 0.132 e. The number of phenols is 1. The molecule has 4 fully saturated rings. The lowest BCUT2D eigenvalue weighted by molar-refractivity contribution is -0.00618. The highest BCUT2D eigenvalue weighted by molar-refractivity contribution is 14.1. The van der Waals surface area contributed by atoms with E-state index in [9.17, 15) is 5.11 Å².